The van der Waals surface area contributed by atoms with Crippen molar-refractivity contribution in [3.63, 3.8) is 0 Å². The predicted octanol–water partition coefficient (Wildman–Crippen LogP) is 2.25. The minimum atomic E-state index is 0.181. The molecule has 0 amide bonds. The number of fused-ring (bicyclic) bond motifs is 1. The molecule has 0 aliphatic carbocycles. The SMILES string of the molecule is OCCCNc1ccc2ncc(-c3cccs3)n2n1. The summed E-state index contributed by atoms with van der Waals surface area (Å²) in [5.41, 5.74) is 1.83. The molecule has 3 heterocycles. The van der Waals surface area contributed by atoms with Gasteiger partial charge in [0.2, 0.25) is 0 Å². The van der Waals surface area contributed by atoms with E-state index in [9.17, 15) is 0 Å². The fraction of sp³-hybridized carbons (Fsp3) is 0.231. The van der Waals surface area contributed by atoms with Crippen molar-refractivity contribution in [3.8, 4) is 10.6 Å². The molecule has 2 N–H and O–H groups in total. The number of nitrogens with one attached hydrogen (secondary N) is 1. The van der Waals surface area contributed by atoms with Crippen molar-refractivity contribution >= 4 is 22.8 Å². The first-order chi connectivity index (χ1) is 9.38. The zero-order valence-electron chi connectivity index (χ0n) is 10.3. The first-order valence-electron chi connectivity index (χ1n) is 6.12. The van der Waals surface area contributed by atoms with E-state index in [1.54, 1.807) is 11.3 Å². The Bertz CT molecular complexity index is 662. The van der Waals surface area contributed by atoms with Gasteiger partial charge in [-0.15, -0.1) is 16.4 Å². The second-order valence-electron chi connectivity index (χ2n) is 4.11. The molecule has 0 bridgehead atoms. The van der Waals surface area contributed by atoms with E-state index in [4.69, 9.17) is 5.11 Å². The average Bonchev–Trinajstić information content (AvgIpc) is 3.07. The molecule has 6 heteroatoms. The van der Waals surface area contributed by atoms with Gasteiger partial charge in [0.1, 0.15) is 11.5 Å². The molecule has 0 aliphatic heterocycles. The second kappa shape index (κ2) is 5.38. The number of nitrogens with zero attached hydrogens (tertiary/aromatic N) is 3. The summed E-state index contributed by atoms with van der Waals surface area (Å²) in [5.74, 6) is 0.789. The molecule has 0 fully saturated rings. The highest BCUT2D eigenvalue weighted by Gasteiger charge is 2.08. The Morgan fingerprint density at radius 1 is 1.32 bits per heavy atom. The van der Waals surface area contributed by atoms with Crippen LogP contribution in [0.1, 0.15) is 6.42 Å². The molecule has 98 valence electrons. The molecular weight excluding hydrogens is 260 g/mol. The number of aromatic nitrogens is 3. The molecule has 19 heavy (non-hydrogen) atoms. The summed E-state index contributed by atoms with van der Waals surface area (Å²) in [6.45, 7) is 0.888. The number of imidazole rings is 1. The Kier molecular flexibility index (Phi) is 3.43. The highest BCUT2D eigenvalue weighted by molar-refractivity contribution is 7.13. The van der Waals surface area contributed by atoms with Crippen LogP contribution >= 0.6 is 11.3 Å². The minimum Gasteiger partial charge on any atom is -0.396 e. The van der Waals surface area contributed by atoms with Crippen LogP contribution in [0, 0.1) is 0 Å². The third kappa shape index (κ3) is 2.45. The van der Waals surface area contributed by atoms with E-state index in [0.717, 1.165) is 22.0 Å². The smallest absolute Gasteiger partial charge is 0.154 e. The first kappa shape index (κ1) is 12.1. The van der Waals surface area contributed by atoms with Crippen LogP contribution in [0.3, 0.4) is 0 Å². The van der Waals surface area contributed by atoms with Crippen LogP contribution in [0.2, 0.25) is 0 Å². The van der Waals surface area contributed by atoms with Gasteiger partial charge in [-0.25, -0.2) is 9.50 Å². The van der Waals surface area contributed by atoms with Gasteiger partial charge in [-0.3, -0.25) is 0 Å². The molecule has 3 aromatic heterocycles. The lowest BCUT2D eigenvalue weighted by molar-refractivity contribution is 0.292. The van der Waals surface area contributed by atoms with Crippen molar-refractivity contribution in [1.82, 2.24) is 14.6 Å². The van der Waals surface area contributed by atoms with Gasteiger partial charge in [-0.1, -0.05) is 6.07 Å². The van der Waals surface area contributed by atoms with Gasteiger partial charge in [-0.05, 0) is 30.0 Å². The quantitative estimate of drug-likeness (QED) is 0.701. The van der Waals surface area contributed by atoms with Crippen LogP contribution in [0.15, 0.2) is 35.8 Å². The van der Waals surface area contributed by atoms with Crippen LogP contribution < -0.4 is 5.32 Å². The number of aliphatic hydroxyl groups excluding tert-OH is 1. The van der Waals surface area contributed by atoms with Gasteiger partial charge < -0.3 is 10.4 Å². The Balaban J connectivity index is 1.94. The number of anilines is 1. The maximum atomic E-state index is 8.78. The Morgan fingerprint density at radius 2 is 2.26 bits per heavy atom. The van der Waals surface area contributed by atoms with Crippen molar-refractivity contribution < 1.29 is 5.11 Å². The Morgan fingerprint density at radius 3 is 3.05 bits per heavy atom. The summed E-state index contributed by atoms with van der Waals surface area (Å²) in [5, 5.41) is 18.5. The van der Waals surface area contributed by atoms with E-state index in [1.165, 1.54) is 0 Å². The lowest BCUT2D eigenvalue weighted by atomic mass is 10.4. The van der Waals surface area contributed by atoms with Gasteiger partial charge in [0.15, 0.2) is 5.65 Å². The molecule has 0 saturated carbocycles. The molecule has 0 atom stereocenters. The summed E-state index contributed by atoms with van der Waals surface area (Å²) in [6.07, 6.45) is 2.55. The summed E-state index contributed by atoms with van der Waals surface area (Å²) in [6, 6.07) is 7.91. The molecular formula is C13H14N4OS. The first-order valence-corrected chi connectivity index (χ1v) is 7.00. The summed E-state index contributed by atoms with van der Waals surface area (Å²) in [4.78, 5) is 5.50. The largest absolute Gasteiger partial charge is 0.396 e. The molecule has 3 rings (SSSR count). The number of aliphatic hydroxyl groups is 1. The van der Waals surface area contributed by atoms with E-state index in [1.807, 2.05) is 34.3 Å². The van der Waals surface area contributed by atoms with E-state index in [-0.39, 0.29) is 6.61 Å². The number of hydrogen-bond acceptors (Lipinski definition) is 5. The molecule has 0 unspecified atom stereocenters. The zero-order chi connectivity index (χ0) is 13.1. The Labute approximate surface area is 114 Å². The number of hydrogen-bond donors (Lipinski definition) is 2. The maximum Gasteiger partial charge on any atom is 0.154 e. The molecule has 0 spiro atoms. The highest BCUT2D eigenvalue weighted by Crippen LogP contribution is 2.25. The lowest BCUT2D eigenvalue weighted by Gasteiger charge is -2.05. The maximum absolute atomic E-state index is 8.78. The van der Waals surface area contributed by atoms with Gasteiger partial charge in [0.05, 0.1) is 11.1 Å². The van der Waals surface area contributed by atoms with Crippen LogP contribution in [-0.2, 0) is 0 Å². The monoisotopic (exact) mass is 274 g/mol. The van der Waals surface area contributed by atoms with Crippen molar-refractivity contribution in [2.75, 3.05) is 18.5 Å². The summed E-state index contributed by atoms with van der Waals surface area (Å²) >= 11 is 1.67. The van der Waals surface area contributed by atoms with E-state index in [2.05, 4.69) is 21.5 Å². The normalized spacial score (nSPS) is 11.0. The fourth-order valence-corrected chi connectivity index (χ4v) is 2.58. The highest BCUT2D eigenvalue weighted by atomic mass is 32.1. The van der Waals surface area contributed by atoms with E-state index < -0.39 is 0 Å². The van der Waals surface area contributed by atoms with Crippen molar-refractivity contribution in [1.29, 1.82) is 0 Å². The van der Waals surface area contributed by atoms with Gasteiger partial charge in [0, 0.05) is 13.2 Å². The fourth-order valence-electron chi connectivity index (χ4n) is 1.86. The zero-order valence-corrected chi connectivity index (χ0v) is 11.1. The van der Waals surface area contributed by atoms with Crippen LogP contribution in [-0.4, -0.2) is 32.9 Å². The summed E-state index contributed by atoms with van der Waals surface area (Å²) in [7, 11) is 0. The van der Waals surface area contributed by atoms with Crippen molar-refractivity contribution in [3.05, 3.63) is 35.8 Å². The van der Waals surface area contributed by atoms with Crippen molar-refractivity contribution in [2.45, 2.75) is 6.42 Å². The van der Waals surface area contributed by atoms with Crippen LogP contribution in [0.25, 0.3) is 16.2 Å². The average molecular weight is 274 g/mol. The topological polar surface area (TPSA) is 62.5 Å². The summed E-state index contributed by atoms with van der Waals surface area (Å²) < 4.78 is 1.84. The molecule has 0 saturated heterocycles. The molecule has 5 nitrogen and oxygen atoms in total. The van der Waals surface area contributed by atoms with Gasteiger partial charge in [-0.2, -0.15) is 0 Å². The Hall–Kier alpha value is -1.92. The van der Waals surface area contributed by atoms with E-state index in [0.29, 0.717) is 13.0 Å². The molecule has 3 aromatic rings. The third-order valence-corrected chi connectivity index (χ3v) is 3.67. The van der Waals surface area contributed by atoms with E-state index >= 15 is 0 Å². The third-order valence-electron chi connectivity index (χ3n) is 2.78. The predicted molar refractivity (Wildman–Crippen MR) is 76.5 cm³/mol. The van der Waals surface area contributed by atoms with Gasteiger partial charge >= 0.3 is 0 Å². The standard InChI is InChI=1S/C13H14N4OS/c18-7-2-6-14-12-4-5-13-15-9-10(17(13)16-12)11-3-1-8-19-11/h1,3-5,8-9,18H,2,6-7H2,(H,14,16). The van der Waals surface area contributed by atoms with Crippen molar-refractivity contribution in [2.24, 2.45) is 0 Å². The lowest BCUT2D eigenvalue weighted by Crippen LogP contribution is -2.07. The number of rotatable bonds is 5. The molecule has 0 radical (unpaired) electrons. The number of thiophene rings is 1. The van der Waals surface area contributed by atoms with Gasteiger partial charge in [0.25, 0.3) is 0 Å². The molecule has 0 aliphatic rings. The second-order valence-corrected chi connectivity index (χ2v) is 5.06. The van der Waals surface area contributed by atoms with Crippen LogP contribution in [0.4, 0.5) is 5.82 Å². The minimum absolute atomic E-state index is 0.181. The van der Waals surface area contributed by atoms with Crippen LogP contribution in [0.5, 0.6) is 0 Å². The molecule has 0 aromatic carbocycles.